The van der Waals surface area contributed by atoms with Gasteiger partial charge in [0.05, 0.1) is 32.7 Å². The lowest BCUT2D eigenvalue weighted by atomic mass is 10.3. The van der Waals surface area contributed by atoms with E-state index >= 15 is 0 Å². The van der Waals surface area contributed by atoms with Gasteiger partial charge < -0.3 is 5.32 Å². The van der Waals surface area contributed by atoms with Crippen LogP contribution in [-0.4, -0.2) is 15.7 Å². The number of amides is 1. The first-order chi connectivity index (χ1) is 11.0. The maximum atomic E-state index is 12.3. The van der Waals surface area contributed by atoms with E-state index < -0.39 is 0 Å². The number of thiophene rings is 1. The van der Waals surface area contributed by atoms with E-state index in [0.717, 1.165) is 5.56 Å². The molecule has 8 heteroatoms. The van der Waals surface area contributed by atoms with Crippen molar-refractivity contribution in [1.82, 2.24) is 9.78 Å². The molecule has 0 atom stereocenters. The maximum absolute atomic E-state index is 12.3. The van der Waals surface area contributed by atoms with Gasteiger partial charge in [0, 0.05) is 11.9 Å². The van der Waals surface area contributed by atoms with Gasteiger partial charge in [-0.3, -0.25) is 9.48 Å². The van der Waals surface area contributed by atoms with Crippen LogP contribution in [0.4, 0.5) is 5.69 Å². The topological polar surface area (TPSA) is 46.9 Å². The van der Waals surface area contributed by atoms with Crippen LogP contribution in [0.2, 0.25) is 15.1 Å². The van der Waals surface area contributed by atoms with Crippen LogP contribution in [-0.2, 0) is 6.54 Å². The first-order valence-electron chi connectivity index (χ1n) is 6.53. The van der Waals surface area contributed by atoms with E-state index in [0.29, 0.717) is 32.2 Å². The van der Waals surface area contributed by atoms with Gasteiger partial charge in [-0.1, -0.05) is 34.8 Å². The van der Waals surface area contributed by atoms with E-state index in [1.54, 1.807) is 35.3 Å². The average Bonchev–Trinajstić information content (AvgIpc) is 3.13. The minimum atomic E-state index is -0.196. The quantitative estimate of drug-likeness (QED) is 0.669. The standard InChI is InChI=1S/C15H10Cl3N3OS/c16-10-5-19-21(7-10)6-9-3-14(23-8-9)15(22)20-11-1-2-12(17)13(18)4-11/h1-5,7-8H,6H2,(H,20,22). The number of hydrogen-bond acceptors (Lipinski definition) is 3. The van der Waals surface area contributed by atoms with Gasteiger partial charge >= 0.3 is 0 Å². The third-order valence-electron chi connectivity index (χ3n) is 3.00. The van der Waals surface area contributed by atoms with Gasteiger partial charge in [-0.2, -0.15) is 5.10 Å². The van der Waals surface area contributed by atoms with E-state index in [1.165, 1.54) is 11.3 Å². The summed E-state index contributed by atoms with van der Waals surface area (Å²) >= 11 is 19.0. The smallest absolute Gasteiger partial charge is 0.265 e. The Morgan fingerprint density at radius 3 is 2.74 bits per heavy atom. The van der Waals surface area contributed by atoms with Crippen molar-refractivity contribution < 1.29 is 4.79 Å². The maximum Gasteiger partial charge on any atom is 0.265 e. The van der Waals surface area contributed by atoms with Crippen molar-refractivity contribution in [2.24, 2.45) is 0 Å². The van der Waals surface area contributed by atoms with Gasteiger partial charge in [0.25, 0.3) is 5.91 Å². The number of nitrogens with zero attached hydrogens (tertiary/aromatic N) is 2. The van der Waals surface area contributed by atoms with Gasteiger partial charge in [0.2, 0.25) is 0 Å². The molecular weight excluding hydrogens is 377 g/mol. The molecule has 0 saturated carbocycles. The van der Waals surface area contributed by atoms with Gasteiger partial charge in [0.1, 0.15) is 0 Å². The molecule has 4 nitrogen and oxygen atoms in total. The van der Waals surface area contributed by atoms with Crippen LogP contribution in [0.5, 0.6) is 0 Å². The molecule has 0 radical (unpaired) electrons. The SMILES string of the molecule is O=C(Nc1ccc(Cl)c(Cl)c1)c1cc(Cn2cc(Cl)cn2)cs1. The molecule has 0 aliphatic heterocycles. The third kappa shape index (κ3) is 4.06. The molecular formula is C15H10Cl3N3OS. The average molecular weight is 387 g/mol. The third-order valence-corrected chi connectivity index (χ3v) is 4.91. The van der Waals surface area contributed by atoms with Crippen molar-refractivity contribution >= 4 is 57.7 Å². The lowest BCUT2D eigenvalue weighted by molar-refractivity contribution is 0.103. The fourth-order valence-electron chi connectivity index (χ4n) is 1.96. The molecule has 2 aromatic heterocycles. The number of aromatic nitrogens is 2. The number of carbonyl (C=O) groups is 1. The number of rotatable bonds is 4. The number of nitrogens with one attached hydrogen (secondary N) is 1. The second kappa shape index (κ2) is 6.93. The summed E-state index contributed by atoms with van der Waals surface area (Å²) in [6.45, 7) is 0.559. The Bertz CT molecular complexity index is 859. The Morgan fingerprint density at radius 2 is 2.04 bits per heavy atom. The molecule has 23 heavy (non-hydrogen) atoms. The number of anilines is 1. The Hall–Kier alpha value is -1.53. The lowest BCUT2D eigenvalue weighted by Gasteiger charge is -2.04. The number of carbonyl (C=O) groups excluding carboxylic acids is 1. The summed E-state index contributed by atoms with van der Waals surface area (Å²) in [5.41, 5.74) is 1.58. The fourth-order valence-corrected chi connectivity index (χ4v) is 3.21. The minimum Gasteiger partial charge on any atom is -0.321 e. The summed E-state index contributed by atoms with van der Waals surface area (Å²) in [5.74, 6) is -0.196. The Balaban J connectivity index is 1.69. The Kier molecular flexibility index (Phi) is 4.92. The largest absolute Gasteiger partial charge is 0.321 e. The van der Waals surface area contributed by atoms with Gasteiger partial charge in [-0.15, -0.1) is 11.3 Å². The van der Waals surface area contributed by atoms with Crippen LogP contribution in [0.3, 0.4) is 0 Å². The highest BCUT2D eigenvalue weighted by molar-refractivity contribution is 7.12. The van der Waals surface area contributed by atoms with Crippen LogP contribution < -0.4 is 5.32 Å². The van der Waals surface area contributed by atoms with E-state index in [-0.39, 0.29) is 5.91 Å². The normalized spacial score (nSPS) is 10.7. The number of hydrogen-bond donors (Lipinski definition) is 1. The van der Waals surface area contributed by atoms with Crippen LogP contribution >= 0.6 is 46.1 Å². The summed E-state index contributed by atoms with van der Waals surface area (Å²) in [5, 5.41) is 10.2. The highest BCUT2D eigenvalue weighted by Crippen LogP contribution is 2.26. The highest BCUT2D eigenvalue weighted by atomic mass is 35.5. The van der Waals surface area contributed by atoms with Crippen molar-refractivity contribution in [3.05, 3.63) is 67.5 Å². The van der Waals surface area contributed by atoms with E-state index in [2.05, 4.69) is 10.4 Å². The summed E-state index contributed by atoms with van der Waals surface area (Å²) in [7, 11) is 0. The van der Waals surface area contributed by atoms with Gasteiger partial charge in [-0.05, 0) is 35.2 Å². The highest BCUT2D eigenvalue weighted by Gasteiger charge is 2.11. The van der Waals surface area contributed by atoms with Crippen molar-refractivity contribution in [1.29, 1.82) is 0 Å². The molecule has 0 aliphatic carbocycles. The molecule has 0 unspecified atom stereocenters. The molecule has 0 bridgehead atoms. The zero-order chi connectivity index (χ0) is 16.4. The zero-order valence-corrected chi connectivity index (χ0v) is 14.7. The van der Waals surface area contributed by atoms with Crippen molar-refractivity contribution in [2.45, 2.75) is 6.54 Å². The fraction of sp³-hybridized carbons (Fsp3) is 0.0667. The second-order valence-corrected chi connectivity index (χ2v) is 6.92. The monoisotopic (exact) mass is 385 g/mol. The lowest BCUT2D eigenvalue weighted by Crippen LogP contribution is -2.10. The van der Waals surface area contributed by atoms with E-state index in [1.807, 2.05) is 11.4 Å². The molecule has 1 N–H and O–H groups in total. The predicted molar refractivity (Wildman–Crippen MR) is 95.1 cm³/mol. The predicted octanol–water partition coefficient (Wildman–Crippen LogP) is 5.21. The van der Waals surface area contributed by atoms with Gasteiger partial charge in [0.15, 0.2) is 0 Å². The van der Waals surface area contributed by atoms with E-state index in [9.17, 15) is 4.79 Å². The van der Waals surface area contributed by atoms with Crippen LogP contribution in [0.25, 0.3) is 0 Å². The van der Waals surface area contributed by atoms with Crippen LogP contribution in [0.1, 0.15) is 15.2 Å². The summed E-state index contributed by atoms with van der Waals surface area (Å²) < 4.78 is 1.71. The summed E-state index contributed by atoms with van der Waals surface area (Å²) in [6, 6.07) is 6.78. The molecule has 118 valence electrons. The van der Waals surface area contributed by atoms with Crippen molar-refractivity contribution in [3.63, 3.8) is 0 Å². The second-order valence-electron chi connectivity index (χ2n) is 4.76. The zero-order valence-electron chi connectivity index (χ0n) is 11.6. The molecule has 0 aliphatic rings. The Morgan fingerprint density at radius 1 is 1.22 bits per heavy atom. The molecule has 0 fully saturated rings. The molecule has 0 spiro atoms. The van der Waals surface area contributed by atoms with E-state index in [4.69, 9.17) is 34.8 Å². The molecule has 3 aromatic rings. The molecule has 0 saturated heterocycles. The number of benzene rings is 1. The van der Waals surface area contributed by atoms with Gasteiger partial charge in [-0.25, -0.2) is 0 Å². The first kappa shape index (κ1) is 16.3. The van der Waals surface area contributed by atoms with Crippen molar-refractivity contribution in [3.8, 4) is 0 Å². The molecule has 3 rings (SSSR count). The van der Waals surface area contributed by atoms with Crippen LogP contribution in [0, 0.1) is 0 Å². The minimum absolute atomic E-state index is 0.196. The number of halogens is 3. The first-order valence-corrected chi connectivity index (χ1v) is 8.54. The van der Waals surface area contributed by atoms with Crippen LogP contribution in [0.15, 0.2) is 42.0 Å². The summed E-state index contributed by atoms with van der Waals surface area (Å²) in [6.07, 6.45) is 3.31. The van der Waals surface area contributed by atoms with Crippen molar-refractivity contribution in [2.75, 3.05) is 5.32 Å². The molecule has 2 heterocycles. The Labute approximate surface area is 151 Å². The molecule has 1 amide bonds. The summed E-state index contributed by atoms with van der Waals surface area (Å²) in [4.78, 5) is 12.9. The molecule has 1 aromatic carbocycles.